The summed E-state index contributed by atoms with van der Waals surface area (Å²) in [5, 5.41) is 11.3. The number of ether oxygens (including phenoxy) is 1. The number of allylic oxidation sites excluding steroid dienone is 3. The first-order valence-corrected chi connectivity index (χ1v) is 12.3. The van der Waals surface area contributed by atoms with E-state index < -0.39 is 12.0 Å². The van der Waals surface area contributed by atoms with Crippen LogP contribution in [-0.2, 0) is 11.8 Å². The largest absolute Gasteiger partial charge is 0.493 e. The Morgan fingerprint density at radius 3 is 2.97 bits per heavy atom. The normalized spacial score (nSPS) is 21.6. The minimum atomic E-state index is -1.32. The Morgan fingerprint density at radius 2 is 2.23 bits per heavy atom. The summed E-state index contributed by atoms with van der Waals surface area (Å²) in [5.74, 6) is 0.456. The van der Waals surface area contributed by atoms with E-state index in [-0.39, 0.29) is 17.5 Å². The fraction of sp³-hybridized carbons (Fsp3) is 0.407. The number of hydrogen-bond acceptors (Lipinski definition) is 4. The van der Waals surface area contributed by atoms with Crippen molar-refractivity contribution in [3.05, 3.63) is 72.0 Å². The lowest BCUT2D eigenvalue weighted by molar-refractivity contribution is 0.296. The van der Waals surface area contributed by atoms with Gasteiger partial charge in [-0.25, -0.2) is 18.5 Å². The molecular weight excluding hydrogens is 448 g/mol. The van der Waals surface area contributed by atoms with Gasteiger partial charge in [-0.05, 0) is 61.5 Å². The molecule has 2 aromatic rings. The first-order chi connectivity index (χ1) is 17.0. The van der Waals surface area contributed by atoms with E-state index >= 15 is 0 Å². The fourth-order valence-electron chi connectivity index (χ4n) is 5.23. The van der Waals surface area contributed by atoms with Crippen molar-refractivity contribution in [2.75, 3.05) is 19.7 Å². The molecule has 2 aliphatic heterocycles. The van der Waals surface area contributed by atoms with Crippen LogP contribution in [0.15, 0.2) is 65.8 Å². The second kappa shape index (κ2) is 9.77. The molecule has 0 amide bonds. The minimum absolute atomic E-state index is 0.106. The molecule has 8 heteroatoms. The van der Waals surface area contributed by atoms with E-state index in [0.717, 1.165) is 61.0 Å². The Hall–Kier alpha value is -3.26. The first kappa shape index (κ1) is 23.5. The van der Waals surface area contributed by atoms with Crippen molar-refractivity contribution < 1.29 is 13.5 Å². The van der Waals surface area contributed by atoms with E-state index in [1.165, 1.54) is 17.8 Å². The zero-order valence-electron chi connectivity index (χ0n) is 20.0. The smallest absolute Gasteiger partial charge is 0.228 e. The summed E-state index contributed by atoms with van der Waals surface area (Å²) >= 11 is 0. The lowest BCUT2D eigenvalue weighted by atomic mass is 9.71. The van der Waals surface area contributed by atoms with Gasteiger partial charge in [0.2, 0.25) is 5.96 Å². The van der Waals surface area contributed by atoms with Crippen LogP contribution in [0, 0.1) is 0 Å². The Morgan fingerprint density at radius 1 is 1.40 bits per heavy atom. The molecule has 1 fully saturated rings. The molecule has 0 saturated carbocycles. The van der Waals surface area contributed by atoms with Crippen LogP contribution < -0.4 is 15.4 Å². The molecule has 1 aromatic carbocycles. The number of nitrogens with zero attached hydrogens (tertiary/aromatic N) is 3. The number of nitrogens with one attached hydrogen (secondary N) is 2. The summed E-state index contributed by atoms with van der Waals surface area (Å²) in [6.07, 6.45) is 8.45. The zero-order chi connectivity index (χ0) is 24.4. The molecule has 0 bridgehead atoms. The number of rotatable bonds is 4. The number of aromatic nitrogens is 2. The van der Waals surface area contributed by atoms with Crippen molar-refractivity contribution in [3.63, 3.8) is 0 Å². The highest BCUT2D eigenvalue weighted by atomic mass is 19.1. The number of benzene rings is 1. The lowest BCUT2D eigenvalue weighted by Gasteiger charge is -2.38. The molecule has 35 heavy (non-hydrogen) atoms. The van der Waals surface area contributed by atoms with Crippen molar-refractivity contribution in [1.82, 2.24) is 20.4 Å². The van der Waals surface area contributed by atoms with E-state index in [9.17, 15) is 8.78 Å². The van der Waals surface area contributed by atoms with E-state index in [1.807, 2.05) is 6.20 Å². The molecule has 3 aliphatic rings. The number of hydrogen-bond donors (Lipinski definition) is 2. The van der Waals surface area contributed by atoms with Crippen molar-refractivity contribution in [2.24, 2.45) is 4.99 Å². The standard InChI is InChI=1S/C27H31F2N5O/c1-3-27(10-12-30-13-11-27)19-5-8-24-21(15-19)25-18(9-14-35-24)17-34(33-25)26(31-4-2)32-23-7-6-20(28)16-22(23)29/h4-5,7-8,15-17,20,30H,2-3,6,9-14H2,1H3,(H,31,32). The summed E-state index contributed by atoms with van der Waals surface area (Å²) < 4.78 is 35.5. The molecule has 0 radical (unpaired) electrons. The van der Waals surface area contributed by atoms with Crippen LogP contribution in [0.5, 0.6) is 5.75 Å². The van der Waals surface area contributed by atoms with Gasteiger partial charge in [0, 0.05) is 36.4 Å². The van der Waals surface area contributed by atoms with Gasteiger partial charge in [0.25, 0.3) is 0 Å². The topological polar surface area (TPSA) is 63.5 Å². The Labute approximate surface area is 204 Å². The Balaban J connectivity index is 1.52. The second-order valence-corrected chi connectivity index (χ2v) is 9.29. The van der Waals surface area contributed by atoms with Gasteiger partial charge in [-0.1, -0.05) is 25.6 Å². The van der Waals surface area contributed by atoms with Gasteiger partial charge in [-0.2, -0.15) is 5.10 Å². The third-order valence-electron chi connectivity index (χ3n) is 7.31. The molecule has 5 rings (SSSR count). The summed E-state index contributed by atoms with van der Waals surface area (Å²) in [6, 6.07) is 6.50. The average molecular weight is 480 g/mol. The highest BCUT2D eigenvalue weighted by Crippen LogP contribution is 2.42. The Bertz CT molecular complexity index is 1210. The van der Waals surface area contributed by atoms with Crippen LogP contribution >= 0.6 is 0 Å². The molecular formula is C27H31F2N5O. The van der Waals surface area contributed by atoms with Crippen LogP contribution in [-0.4, -0.2) is 41.6 Å². The van der Waals surface area contributed by atoms with Gasteiger partial charge in [-0.15, -0.1) is 0 Å². The first-order valence-electron chi connectivity index (χ1n) is 12.3. The third kappa shape index (κ3) is 4.55. The fourth-order valence-corrected chi connectivity index (χ4v) is 5.23. The maximum Gasteiger partial charge on any atom is 0.228 e. The van der Waals surface area contributed by atoms with E-state index in [4.69, 9.17) is 9.84 Å². The predicted octanol–water partition coefficient (Wildman–Crippen LogP) is 4.93. The quantitative estimate of drug-likeness (QED) is 0.482. The summed E-state index contributed by atoms with van der Waals surface area (Å²) in [6.45, 7) is 8.50. The molecule has 1 saturated heterocycles. The van der Waals surface area contributed by atoms with Crippen molar-refractivity contribution in [3.8, 4) is 17.0 Å². The van der Waals surface area contributed by atoms with Gasteiger partial charge in [0.1, 0.15) is 17.7 Å². The molecule has 2 N–H and O–H groups in total. The van der Waals surface area contributed by atoms with Crippen LogP contribution in [0.1, 0.15) is 43.7 Å². The van der Waals surface area contributed by atoms with Crippen molar-refractivity contribution in [1.29, 1.82) is 0 Å². The minimum Gasteiger partial charge on any atom is -0.493 e. The Kier molecular flexibility index (Phi) is 6.56. The number of alkyl halides is 1. The molecule has 1 aliphatic carbocycles. The zero-order valence-corrected chi connectivity index (χ0v) is 20.0. The van der Waals surface area contributed by atoms with Gasteiger partial charge in [0.05, 0.1) is 18.0 Å². The molecule has 3 heterocycles. The number of halogens is 2. The molecule has 1 aromatic heterocycles. The summed E-state index contributed by atoms with van der Waals surface area (Å²) in [4.78, 5) is 4.28. The van der Waals surface area contributed by atoms with E-state index in [1.54, 1.807) is 4.68 Å². The number of piperidine rings is 1. The summed E-state index contributed by atoms with van der Waals surface area (Å²) in [5.41, 5.74) is 4.43. The van der Waals surface area contributed by atoms with Crippen LogP contribution in [0.3, 0.4) is 0 Å². The number of fused-ring (bicyclic) bond motifs is 3. The third-order valence-corrected chi connectivity index (χ3v) is 7.31. The molecule has 0 spiro atoms. The highest BCUT2D eigenvalue weighted by Gasteiger charge is 2.33. The van der Waals surface area contributed by atoms with Crippen LogP contribution in [0.2, 0.25) is 0 Å². The number of aliphatic imine (C=N–C) groups is 1. The van der Waals surface area contributed by atoms with Gasteiger partial charge in [-0.3, -0.25) is 0 Å². The monoisotopic (exact) mass is 479 g/mol. The van der Waals surface area contributed by atoms with Crippen LogP contribution in [0.4, 0.5) is 8.78 Å². The van der Waals surface area contributed by atoms with Crippen molar-refractivity contribution >= 4 is 5.96 Å². The van der Waals surface area contributed by atoms with Crippen LogP contribution in [0.25, 0.3) is 11.3 Å². The van der Waals surface area contributed by atoms with Gasteiger partial charge >= 0.3 is 0 Å². The molecule has 184 valence electrons. The van der Waals surface area contributed by atoms with Crippen molar-refractivity contribution in [2.45, 2.75) is 50.6 Å². The predicted molar refractivity (Wildman–Crippen MR) is 134 cm³/mol. The average Bonchev–Trinajstić information content (AvgIpc) is 3.22. The van der Waals surface area contributed by atoms with E-state index in [0.29, 0.717) is 19.0 Å². The molecule has 6 nitrogen and oxygen atoms in total. The maximum absolute atomic E-state index is 14.3. The molecule has 1 unspecified atom stereocenters. The van der Waals surface area contributed by atoms with Gasteiger partial charge < -0.3 is 15.4 Å². The second-order valence-electron chi connectivity index (χ2n) is 9.29. The van der Waals surface area contributed by atoms with Gasteiger partial charge in [0.15, 0.2) is 0 Å². The SMILES string of the molecule is C=CN=C(NC1=CCC(F)C=C1F)n1cc2c(n1)-c1cc(C3(CC)CCNCC3)ccc1OCC2. The highest BCUT2D eigenvalue weighted by molar-refractivity contribution is 5.85. The molecule has 1 atom stereocenters. The maximum atomic E-state index is 14.3. The lowest BCUT2D eigenvalue weighted by Crippen LogP contribution is -2.39. The summed E-state index contributed by atoms with van der Waals surface area (Å²) in [7, 11) is 0. The van der Waals surface area contributed by atoms with E-state index in [2.05, 4.69) is 47.3 Å².